The van der Waals surface area contributed by atoms with E-state index < -0.39 is 0 Å². The van der Waals surface area contributed by atoms with Gasteiger partial charge in [0.05, 0.1) is 17.0 Å². The molecule has 32 heavy (non-hydrogen) atoms. The van der Waals surface area contributed by atoms with Crippen LogP contribution in [0.1, 0.15) is 29.2 Å². The lowest BCUT2D eigenvalue weighted by Gasteiger charge is -2.15. The number of aryl methyl sites for hydroxylation is 4. The first-order valence-electron chi connectivity index (χ1n) is 10.5. The van der Waals surface area contributed by atoms with Gasteiger partial charge in [-0.1, -0.05) is 54.6 Å². The standard InChI is InChI=1S/C25H25N3O2S2/c1-5-18-8-6-7-16(3)22(18)27-21(29)14-32-25-26-19-11-12-31-23(19)24(30)28(25)20-10-9-15(2)13-17(20)4/h6-13H,5,14H2,1-4H3,(H,27,29). The van der Waals surface area contributed by atoms with Crippen molar-refractivity contribution in [2.75, 3.05) is 11.1 Å². The van der Waals surface area contributed by atoms with Gasteiger partial charge in [0, 0.05) is 5.69 Å². The van der Waals surface area contributed by atoms with Crippen molar-refractivity contribution in [1.82, 2.24) is 9.55 Å². The Hall–Kier alpha value is -2.90. The predicted octanol–water partition coefficient (Wildman–Crippen LogP) is 5.67. The number of benzene rings is 2. The van der Waals surface area contributed by atoms with Crippen LogP contribution in [0.3, 0.4) is 0 Å². The summed E-state index contributed by atoms with van der Waals surface area (Å²) in [5, 5.41) is 5.44. The highest BCUT2D eigenvalue weighted by molar-refractivity contribution is 7.99. The van der Waals surface area contributed by atoms with Crippen molar-refractivity contribution in [3.05, 3.63) is 80.5 Å². The van der Waals surface area contributed by atoms with Gasteiger partial charge in [-0.15, -0.1) is 11.3 Å². The second-order valence-electron chi connectivity index (χ2n) is 7.76. The zero-order valence-corrected chi connectivity index (χ0v) is 20.2. The number of amides is 1. The second-order valence-corrected chi connectivity index (χ2v) is 9.62. The fraction of sp³-hybridized carbons (Fsp3) is 0.240. The molecule has 0 aliphatic carbocycles. The molecule has 0 saturated heterocycles. The van der Waals surface area contributed by atoms with Crippen LogP contribution in [0.2, 0.25) is 0 Å². The second kappa shape index (κ2) is 9.30. The average Bonchev–Trinajstić information content (AvgIpc) is 3.23. The van der Waals surface area contributed by atoms with Gasteiger partial charge in [0.15, 0.2) is 5.16 Å². The molecule has 0 radical (unpaired) electrons. The quantitative estimate of drug-likeness (QED) is 0.296. The average molecular weight is 464 g/mol. The summed E-state index contributed by atoms with van der Waals surface area (Å²) in [4.78, 5) is 30.9. The number of para-hydroxylation sites is 1. The smallest absolute Gasteiger partial charge is 0.276 e. The van der Waals surface area contributed by atoms with Crippen molar-refractivity contribution in [1.29, 1.82) is 0 Å². The lowest BCUT2D eigenvalue weighted by Crippen LogP contribution is -2.23. The van der Waals surface area contributed by atoms with Crippen molar-refractivity contribution >= 4 is 44.9 Å². The van der Waals surface area contributed by atoms with Crippen LogP contribution < -0.4 is 10.9 Å². The molecule has 4 aromatic rings. The van der Waals surface area contributed by atoms with Crippen molar-refractivity contribution in [2.24, 2.45) is 0 Å². The van der Waals surface area contributed by atoms with E-state index in [1.54, 1.807) is 4.57 Å². The minimum atomic E-state index is -0.120. The van der Waals surface area contributed by atoms with Crippen LogP contribution in [-0.4, -0.2) is 21.2 Å². The first-order chi connectivity index (χ1) is 15.4. The van der Waals surface area contributed by atoms with E-state index in [9.17, 15) is 9.59 Å². The lowest BCUT2D eigenvalue weighted by molar-refractivity contribution is -0.113. The Labute approximate surface area is 195 Å². The molecule has 5 nitrogen and oxygen atoms in total. The topological polar surface area (TPSA) is 64.0 Å². The van der Waals surface area contributed by atoms with Crippen LogP contribution in [0.5, 0.6) is 0 Å². The molecule has 7 heteroatoms. The van der Waals surface area contributed by atoms with Crippen LogP contribution in [0, 0.1) is 20.8 Å². The lowest BCUT2D eigenvalue weighted by atomic mass is 10.1. The van der Waals surface area contributed by atoms with Gasteiger partial charge in [-0.3, -0.25) is 14.2 Å². The molecule has 4 rings (SSSR count). The fourth-order valence-corrected chi connectivity index (χ4v) is 5.33. The SMILES string of the molecule is CCc1cccc(C)c1NC(=O)CSc1nc2ccsc2c(=O)n1-c1ccc(C)cc1C. The number of carbonyl (C=O) groups is 1. The molecule has 0 aliphatic rings. The number of hydrogen-bond donors (Lipinski definition) is 1. The zero-order valence-electron chi connectivity index (χ0n) is 18.6. The maximum absolute atomic E-state index is 13.3. The number of fused-ring (bicyclic) bond motifs is 1. The van der Waals surface area contributed by atoms with Crippen molar-refractivity contribution < 1.29 is 4.79 Å². The number of hydrogen-bond acceptors (Lipinski definition) is 5. The summed E-state index contributed by atoms with van der Waals surface area (Å²) in [6, 6.07) is 13.8. The summed E-state index contributed by atoms with van der Waals surface area (Å²) in [5.74, 6) is 0.0376. The maximum Gasteiger partial charge on any atom is 0.276 e. The van der Waals surface area contributed by atoms with Crippen LogP contribution in [0.25, 0.3) is 15.9 Å². The van der Waals surface area contributed by atoms with Crippen LogP contribution >= 0.6 is 23.1 Å². The van der Waals surface area contributed by atoms with Gasteiger partial charge in [0.2, 0.25) is 5.91 Å². The molecule has 0 fully saturated rings. The number of rotatable bonds is 6. The predicted molar refractivity (Wildman–Crippen MR) is 135 cm³/mol. The molecule has 2 heterocycles. The molecule has 164 valence electrons. The monoisotopic (exact) mass is 463 g/mol. The first-order valence-corrected chi connectivity index (χ1v) is 12.3. The van der Waals surface area contributed by atoms with Crippen LogP contribution in [-0.2, 0) is 11.2 Å². The number of nitrogens with one attached hydrogen (secondary N) is 1. The molecule has 0 aliphatic heterocycles. The first kappa shape index (κ1) is 22.3. The molecule has 0 bridgehead atoms. The summed E-state index contributed by atoms with van der Waals surface area (Å²) >= 11 is 2.67. The summed E-state index contributed by atoms with van der Waals surface area (Å²) in [5.41, 5.74) is 6.47. The molecular weight excluding hydrogens is 438 g/mol. The molecule has 0 saturated carbocycles. The molecule has 2 aromatic carbocycles. The Bertz CT molecular complexity index is 1370. The zero-order chi connectivity index (χ0) is 22.8. The number of aromatic nitrogens is 2. The normalized spacial score (nSPS) is 11.1. The minimum absolute atomic E-state index is 0.105. The molecule has 2 aromatic heterocycles. The van der Waals surface area contributed by atoms with Crippen molar-refractivity contribution in [2.45, 2.75) is 39.3 Å². The van der Waals surface area contributed by atoms with E-state index in [1.807, 2.05) is 68.6 Å². The maximum atomic E-state index is 13.3. The Morgan fingerprint density at radius 3 is 2.69 bits per heavy atom. The minimum Gasteiger partial charge on any atom is -0.325 e. The molecular formula is C25H25N3O2S2. The van der Waals surface area contributed by atoms with Gasteiger partial charge in [-0.25, -0.2) is 4.98 Å². The Balaban J connectivity index is 1.67. The van der Waals surface area contributed by atoms with Crippen molar-refractivity contribution in [3.8, 4) is 5.69 Å². The van der Waals surface area contributed by atoms with Gasteiger partial charge < -0.3 is 5.32 Å². The Morgan fingerprint density at radius 1 is 1.12 bits per heavy atom. The van der Waals surface area contributed by atoms with E-state index in [0.717, 1.165) is 40.0 Å². The number of thiophene rings is 1. The molecule has 0 atom stereocenters. The summed E-state index contributed by atoms with van der Waals surface area (Å²) in [6.45, 7) is 8.07. The van der Waals surface area contributed by atoms with Crippen molar-refractivity contribution in [3.63, 3.8) is 0 Å². The Kier molecular flexibility index (Phi) is 6.48. The third-order valence-corrected chi connectivity index (χ3v) is 7.21. The third kappa shape index (κ3) is 4.36. The third-order valence-electron chi connectivity index (χ3n) is 5.38. The summed E-state index contributed by atoms with van der Waals surface area (Å²) < 4.78 is 2.25. The highest BCUT2D eigenvalue weighted by Gasteiger charge is 2.17. The van der Waals surface area contributed by atoms with Gasteiger partial charge in [0.1, 0.15) is 4.70 Å². The number of anilines is 1. The van der Waals surface area contributed by atoms with Crippen LogP contribution in [0.15, 0.2) is 57.8 Å². The van der Waals surface area contributed by atoms with Gasteiger partial charge in [-0.05, 0) is 61.4 Å². The number of nitrogens with zero attached hydrogens (tertiary/aromatic N) is 2. The van der Waals surface area contributed by atoms with E-state index in [2.05, 4.69) is 12.2 Å². The van der Waals surface area contributed by atoms with Crippen LogP contribution in [0.4, 0.5) is 5.69 Å². The van der Waals surface area contributed by atoms with E-state index in [-0.39, 0.29) is 17.2 Å². The van der Waals surface area contributed by atoms with Gasteiger partial charge >= 0.3 is 0 Å². The molecule has 0 spiro atoms. The molecule has 0 unspecified atom stereocenters. The number of thioether (sulfide) groups is 1. The molecule has 1 amide bonds. The summed E-state index contributed by atoms with van der Waals surface area (Å²) in [6.07, 6.45) is 0.840. The highest BCUT2D eigenvalue weighted by atomic mass is 32.2. The van der Waals surface area contributed by atoms with Gasteiger partial charge in [0.25, 0.3) is 5.56 Å². The van der Waals surface area contributed by atoms with E-state index in [1.165, 1.54) is 23.1 Å². The highest BCUT2D eigenvalue weighted by Crippen LogP contribution is 2.26. The Morgan fingerprint density at radius 2 is 1.94 bits per heavy atom. The van der Waals surface area contributed by atoms with E-state index in [4.69, 9.17) is 4.98 Å². The molecule has 1 N–H and O–H groups in total. The van der Waals surface area contributed by atoms with E-state index in [0.29, 0.717) is 15.4 Å². The summed E-state index contributed by atoms with van der Waals surface area (Å²) in [7, 11) is 0. The van der Waals surface area contributed by atoms with Gasteiger partial charge in [-0.2, -0.15) is 0 Å². The fourth-order valence-electron chi connectivity index (χ4n) is 3.77. The number of carbonyl (C=O) groups excluding carboxylic acids is 1. The van der Waals surface area contributed by atoms with E-state index >= 15 is 0 Å². The largest absolute Gasteiger partial charge is 0.325 e.